The van der Waals surface area contributed by atoms with E-state index in [-0.39, 0.29) is 32.7 Å². The van der Waals surface area contributed by atoms with Crippen LogP contribution in [0.1, 0.15) is 6.92 Å². The molecule has 1 radical (unpaired) electrons. The third-order valence-electron chi connectivity index (χ3n) is 1.05. The van der Waals surface area contributed by atoms with E-state index in [2.05, 4.69) is 14.0 Å². The minimum atomic E-state index is -0.795. The zero-order valence-electron chi connectivity index (χ0n) is 5.46. The number of carbonyl (C=O) groups excluding carboxylic acids is 2. The minimum absolute atomic E-state index is 0. The average molecular weight is 234 g/mol. The second-order valence-corrected chi connectivity index (χ2v) is 3.33. The molecule has 1 aliphatic heterocycles. The summed E-state index contributed by atoms with van der Waals surface area (Å²) in [5, 5.41) is -0.795. The molecule has 0 N–H and O–H groups in total. The average Bonchev–Trinajstić information content (AvgIpc) is 1.79. The Balaban J connectivity index is 0.000000810. The fourth-order valence-corrected chi connectivity index (χ4v) is 0.730. The molecule has 53 valence electrons. The molecule has 2 unspecified atom stereocenters. The van der Waals surface area contributed by atoms with Crippen LogP contribution < -0.4 is 0 Å². The SMILES string of the molecule is CC1(P)[CH-]C(=O)OC1=O.[Y]. The molecule has 3 nitrogen and oxygen atoms in total. The molecule has 5 heteroatoms. The van der Waals surface area contributed by atoms with Gasteiger partial charge in [0.15, 0.2) is 5.97 Å². The monoisotopic (exact) mass is 234 g/mol. The maximum Gasteiger partial charge on any atom is 0.293 e. The summed E-state index contributed by atoms with van der Waals surface area (Å²) in [5.74, 6) is -1.06. The van der Waals surface area contributed by atoms with E-state index >= 15 is 0 Å². The van der Waals surface area contributed by atoms with Crippen molar-refractivity contribution in [2.24, 2.45) is 0 Å². The zero-order valence-corrected chi connectivity index (χ0v) is 9.45. The number of esters is 2. The van der Waals surface area contributed by atoms with Gasteiger partial charge in [-0.3, -0.25) is 16.0 Å². The number of hydrogen-bond donors (Lipinski definition) is 0. The van der Waals surface area contributed by atoms with E-state index < -0.39 is 17.1 Å². The first-order valence-corrected chi connectivity index (χ1v) is 3.01. The van der Waals surface area contributed by atoms with Gasteiger partial charge in [0, 0.05) is 32.7 Å². The number of rotatable bonds is 0. The largest absolute Gasteiger partial charge is 0.422 e. The molecular formula is C5H6O3PY-. The van der Waals surface area contributed by atoms with Gasteiger partial charge in [0.1, 0.15) is 0 Å². The summed E-state index contributed by atoms with van der Waals surface area (Å²) in [4.78, 5) is 21.0. The van der Waals surface area contributed by atoms with Crippen LogP contribution in [0.2, 0.25) is 0 Å². The molecule has 1 fully saturated rings. The number of carbonyl (C=O) groups is 2. The Morgan fingerprint density at radius 3 is 2.20 bits per heavy atom. The Kier molecular flexibility index (Phi) is 3.47. The molecule has 0 aromatic rings. The van der Waals surface area contributed by atoms with Crippen LogP contribution >= 0.6 is 9.24 Å². The molecule has 0 aromatic heterocycles. The molecule has 10 heavy (non-hydrogen) atoms. The molecule has 0 saturated carbocycles. The van der Waals surface area contributed by atoms with Crippen molar-refractivity contribution in [2.75, 3.05) is 0 Å². The molecule has 0 aliphatic carbocycles. The van der Waals surface area contributed by atoms with Crippen LogP contribution in [0.25, 0.3) is 0 Å². The Labute approximate surface area is 86.3 Å². The van der Waals surface area contributed by atoms with Crippen LogP contribution in [0, 0.1) is 6.42 Å². The Bertz CT molecular complexity index is 178. The molecule has 0 bridgehead atoms. The molecule has 0 aromatic carbocycles. The summed E-state index contributed by atoms with van der Waals surface area (Å²) >= 11 is 0. The van der Waals surface area contributed by atoms with Crippen LogP contribution in [0.15, 0.2) is 0 Å². The van der Waals surface area contributed by atoms with Crippen molar-refractivity contribution in [3.63, 3.8) is 0 Å². The van der Waals surface area contributed by atoms with Crippen molar-refractivity contribution >= 4 is 21.2 Å². The van der Waals surface area contributed by atoms with Gasteiger partial charge in [-0.05, 0) is 5.16 Å². The summed E-state index contributed by atoms with van der Waals surface area (Å²) in [6, 6.07) is 0. The first-order valence-electron chi connectivity index (χ1n) is 2.43. The van der Waals surface area contributed by atoms with Gasteiger partial charge < -0.3 is 4.74 Å². The van der Waals surface area contributed by atoms with Crippen LogP contribution in [0.4, 0.5) is 0 Å². The summed E-state index contributed by atoms with van der Waals surface area (Å²) in [6.07, 6.45) is 1.24. The molecule has 0 amide bonds. The van der Waals surface area contributed by atoms with Crippen LogP contribution in [0.5, 0.6) is 0 Å². The van der Waals surface area contributed by atoms with Gasteiger partial charge in [-0.25, -0.2) is 0 Å². The molecule has 1 heterocycles. The molecule has 2 atom stereocenters. The Morgan fingerprint density at radius 1 is 1.60 bits per heavy atom. The summed E-state index contributed by atoms with van der Waals surface area (Å²) < 4.78 is 4.22. The third-order valence-corrected chi connectivity index (χ3v) is 1.45. The Hall–Kier alpha value is 0.544. The second kappa shape index (κ2) is 3.29. The summed E-state index contributed by atoms with van der Waals surface area (Å²) in [7, 11) is 2.24. The molecular weight excluding hydrogens is 228 g/mol. The molecule has 0 spiro atoms. The van der Waals surface area contributed by atoms with Gasteiger partial charge in [0.2, 0.25) is 0 Å². The molecule has 1 saturated heterocycles. The van der Waals surface area contributed by atoms with Crippen molar-refractivity contribution in [1.82, 2.24) is 0 Å². The summed E-state index contributed by atoms with van der Waals surface area (Å²) in [5.41, 5.74) is 0. The normalized spacial score (nSPS) is 30.6. The van der Waals surface area contributed by atoms with E-state index in [0.29, 0.717) is 0 Å². The minimum Gasteiger partial charge on any atom is -0.422 e. The van der Waals surface area contributed by atoms with Gasteiger partial charge in [0.25, 0.3) is 5.97 Å². The predicted molar refractivity (Wildman–Crippen MR) is 33.5 cm³/mol. The maximum absolute atomic E-state index is 10.6. The van der Waals surface area contributed by atoms with Gasteiger partial charge in [-0.1, -0.05) is 6.92 Å². The van der Waals surface area contributed by atoms with Gasteiger partial charge in [-0.2, -0.15) is 0 Å². The fourth-order valence-electron chi connectivity index (χ4n) is 0.535. The van der Waals surface area contributed by atoms with Crippen LogP contribution in [-0.2, 0) is 47.0 Å². The number of hydrogen-bond acceptors (Lipinski definition) is 3. The van der Waals surface area contributed by atoms with Crippen molar-refractivity contribution in [3.8, 4) is 0 Å². The van der Waals surface area contributed by atoms with Gasteiger partial charge >= 0.3 is 0 Å². The number of ether oxygens (including phenoxy) is 1. The fraction of sp³-hybridized carbons (Fsp3) is 0.400. The molecule has 1 aliphatic rings. The Morgan fingerprint density at radius 2 is 2.10 bits per heavy atom. The van der Waals surface area contributed by atoms with Crippen molar-refractivity contribution in [2.45, 2.75) is 12.1 Å². The van der Waals surface area contributed by atoms with Crippen LogP contribution in [-0.4, -0.2) is 17.1 Å². The second-order valence-electron chi connectivity index (χ2n) is 2.14. The van der Waals surface area contributed by atoms with E-state index in [9.17, 15) is 9.59 Å². The quantitative estimate of drug-likeness (QED) is 0.254. The topological polar surface area (TPSA) is 43.4 Å². The van der Waals surface area contributed by atoms with E-state index in [0.717, 1.165) is 0 Å². The molecule has 1 rings (SSSR count). The third kappa shape index (κ3) is 2.01. The van der Waals surface area contributed by atoms with Crippen LogP contribution in [0.3, 0.4) is 0 Å². The van der Waals surface area contributed by atoms with Gasteiger partial charge in [-0.15, -0.1) is 9.24 Å². The van der Waals surface area contributed by atoms with E-state index in [1.165, 1.54) is 6.42 Å². The number of cyclic esters (lactones) is 2. The van der Waals surface area contributed by atoms with E-state index in [1.54, 1.807) is 6.92 Å². The smallest absolute Gasteiger partial charge is 0.293 e. The standard InChI is InChI=1S/C5H6O3P.Y/c1-5(9)2-3(6)8-4(5)7;/h2H,9H2,1H3;/q-1;. The van der Waals surface area contributed by atoms with E-state index in [4.69, 9.17) is 0 Å². The van der Waals surface area contributed by atoms with E-state index in [1.807, 2.05) is 0 Å². The van der Waals surface area contributed by atoms with Crippen molar-refractivity contribution < 1.29 is 47.0 Å². The van der Waals surface area contributed by atoms with Crippen molar-refractivity contribution in [3.05, 3.63) is 6.42 Å². The first kappa shape index (κ1) is 10.5. The van der Waals surface area contributed by atoms with Gasteiger partial charge in [0.05, 0.1) is 0 Å². The summed E-state index contributed by atoms with van der Waals surface area (Å²) in [6.45, 7) is 1.60. The van der Waals surface area contributed by atoms with Crippen molar-refractivity contribution in [1.29, 1.82) is 0 Å². The predicted octanol–water partition coefficient (Wildman–Crippen LogP) is -0.0946. The maximum atomic E-state index is 10.6. The first-order chi connectivity index (χ1) is 4.02. The zero-order chi connectivity index (χ0) is 7.07.